The Balaban J connectivity index is 2.28. The maximum absolute atomic E-state index is 12.3. The molecule has 0 saturated heterocycles. The van der Waals surface area contributed by atoms with Crippen LogP contribution in [0.1, 0.15) is 24.3 Å². The monoisotopic (exact) mass is 350 g/mol. The molecule has 0 aliphatic carbocycles. The molecule has 20 heavy (non-hydrogen) atoms. The quantitative estimate of drug-likeness (QED) is 0.832. The molecule has 0 amide bonds. The first-order valence-corrected chi connectivity index (χ1v) is 8.92. The summed E-state index contributed by atoms with van der Waals surface area (Å²) in [4.78, 5) is 4.72. The number of halogens is 2. The van der Waals surface area contributed by atoms with E-state index in [2.05, 4.69) is 9.71 Å². The molecule has 0 aromatic carbocycles. The second-order valence-corrected chi connectivity index (χ2v) is 7.50. The standard InChI is InChI=1S/C12H12Cl2N2O2S2/c1-2-10(11-4-3-5-19-11)16-20(17,18)8-6-9(13)12(14)15-7-8/h3-7,10,16H,2H2,1H3. The lowest BCUT2D eigenvalue weighted by Crippen LogP contribution is -2.28. The summed E-state index contributed by atoms with van der Waals surface area (Å²) in [5.74, 6) is 0. The molecule has 0 fully saturated rings. The first-order chi connectivity index (χ1) is 9.44. The van der Waals surface area contributed by atoms with E-state index in [4.69, 9.17) is 23.2 Å². The van der Waals surface area contributed by atoms with E-state index >= 15 is 0 Å². The second kappa shape index (κ2) is 6.41. The molecule has 0 bridgehead atoms. The van der Waals surface area contributed by atoms with Gasteiger partial charge in [0.2, 0.25) is 10.0 Å². The zero-order chi connectivity index (χ0) is 14.8. The molecule has 0 radical (unpaired) electrons. The zero-order valence-corrected chi connectivity index (χ0v) is 13.7. The van der Waals surface area contributed by atoms with Gasteiger partial charge in [-0.1, -0.05) is 36.2 Å². The summed E-state index contributed by atoms with van der Waals surface area (Å²) in [6, 6.07) is 4.81. The smallest absolute Gasteiger partial charge is 0.242 e. The van der Waals surface area contributed by atoms with Gasteiger partial charge in [-0.3, -0.25) is 0 Å². The van der Waals surface area contributed by atoms with Crippen molar-refractivity contribution in [2.24, 2.45) is 0 Å². The fourth-order valence-electron chi connectivity index (χ4n) is 1.64. The Labute approximate surface area is 131 Å². The van der Waals surface area contributed by atoms with Gasteiger partial charge in [-0.25, -0.2) is 18.1 Å². The highest BCUT2D eigenvalue weighted by molar-refractivity contribution is 7.89. The highest BCUT2D eigenvalue weighted by atomic mass is 35.5. The Bertz CT molecular complexity index is 687. The normalized spacial score (nSPS) is 13.3. The lowest BCUT2D eigenvalue weighted by Gasteiger charge is -2.15. The molecular weight excluding hydrogens is 339 g/mol. The van der Waals surface area contributed by atoms with Crippen molar-refractivity contribution >= 4 is 44.6 Å². The molecule has 108 valence electrons. The predicted molar refractivity (Wildman–Crippen MR) is 81.9 cm³/mol. The largest absolute Gasteiger partial charge is 0.242 e. The predicted octanol–water partition coefficient (Wildman–Crippen LogP) is 3.88. The van der Waals surface area contributed by atoms with Crippen molar-refractivity contribution in [2.45, 2.75) is 24.3 Å². The molecule has 2 aromatic heterocycles. The van der Waals surface area contributed by atoms with Gasteiger partial charge in [-0.15, -0.1) is 11.3 Å². The highest BCUT2D eigenvalue weighted by Gasteiger charge is 2.22. The second-order valence-electron chi connectivity index (χ2n) is 4.04. The van der Waals surface area contributed by atoms with Gasteiger partial charge in [0.25, 0.3) is 0 Å². The van der Waals surface area contributed by atoms with Crippen molar-refractivity contribution in [3.8, 4) is 0 Å². The van der Waals surface area contributed by atoms with Gasteiger partial charge >= 0.3 is 0 Å². The van der Waals surface area contributed by atoms with Crippen LogP contribution in [0.3, 0.4) is 0 Å². The Morgan fingerprint density at radius 1 is 1.45 bits per heavy atom. The van der Waals surface area contributed by atoms with E-state index in [1.54, 1.807) is 0 Å². The Hall–Kier alpha value is -0.660. The third-order valence-corrected chi connectivity index (χ3v) is 5.78. The zero-order valence-electron chi connectivity index (χ0n) is 10.5. The van der Waals surface area contributed by atoms with Gasteiger partial charge in [0.05, 0.1) is 11.1 Å². The fraction of sp³-hybridized carbons (Fsp3) is 0.250. The third kappa shape index (κ3) is 3.51. The molecule has 4 nitrogen and oxygen atoms in total. The molecule has 1 unspecified atom stereocenters. The van der Waals surface area contributed by atoms with Crippen LogP contribution in [0.4, 0.5) is 0 Å². The summed E-state index contributed by atoms with van der Waals surface area (Å²) in [7, 11) is -3.69. The van der Waals surface area contributed by atoms with Gasteiger partial charge in [0.15, 0.2) is 0 Å². The molecule has 2 heterocycles. The Kier molecular flexibility index (Phi) is 5.04. The first-order valence-electron chi connectivity index (χ1n) is 5.81. The lowest BCUT2D eigenvalue weighted by atomic mass is 10.2. The van der Waals surface area contributed by atoms with Crippen molar-refractivity contribution in [1.82, 2.24) is 9.71 Å². The number of aromatic nitrogens is 1. The van der Waals surface area contributed by atoms with Crippen LogP contribution in [0.5, 0.6) is 0 Å². The summed E-state index contributed by atoms with van der Waals surface area (Å²) < 4.78 is 27.3. The van der Waals surface area contributed by atoms with Gasteiger partial charge in [0, 0.05) is 11.1 Å². The number of hydrogen-bond donors (Lipinski definition) is 1. The number of thiophene rings is 1. The SMILES string of the molecule is CCC(NS(=O)(=O)c1cnc(Cl)c(Cl)c1)c1cccs1. The summed E-state index contributed by atoms with van der Waals surface area (Å²) in [5, 5.41) is 2.10. The van der Waals surface area contributed by atoms with Crippen LogP contribution in [-0.2, 0) is 10.0 Å². The van der Waals surface area contributed by atoms with E-state index < -0.39 is 10.0 Å². The topological polar surface area (TPSA) is 59.1 Å². The number of rotatable bonds is 5. The van der Waals surface area contributed by atoms with Crippen molar-refractivity contribution in [3.05, 3.63) is 44.8 Å². The van der Waals surface area contributed by atoms with E-state index in [1.165, 1.54) is 23.6 Å². The number of sulfonamides is 1. The third-order valence-electron chi connectivity index (χ3n) is 2.67. The van der Waals surface area contributed by atoms with Crippen molar-refractivity contribution in [2.75, 3.05) is 0 Å². The number of pyridine rings is 1. The minimum atomic E-state index is -3.69. The van der Waals surface area contributed by atoms with E-state index in [-0.39, 0.29) is 21.1 Å². The summed E-state index contributed by atoms with van der Waals surface area (Å²) in [6.07, 6.45) is 1.84. The van der Waals surface area contributed by atoms with E-state index in [0.717, 1.165) is 4.88 Å². The molecular formula is C12H12Cl2N2O2S2. The molecule has 8 heteroatoms. The van der Waals surface area contributed by atoms with E-state index in [9.17, 15) is 8.42 Å². The van der Waals surface area contributed by atoms with Crippen LogP contribution in [0.2, 0.25) is 10.2 Å². The van der Waals surface area contributed by atoms with E-state index in [0.29, 0.717) is 6.42 Å². The molecule has 2 aromatic rings. The van der Waals surface area contributed by atoms with Crippen LogP contribution in [-0.4, -0.2) is 13.4 Å². The highest BCUT2D eigenvalue weighted by Crippen LogP contribution is 2.26. The molecule has 2 rings (SSSR count). The minimum absolute atomic E-state index is 0.00176. The average molecular weight is 351 g/mol. The summed E-state index contributed by atoms with van der Waals surface area (Å²) >= 11 is 13.0. The molecule has 0 spiro atoms. The Morgan fingerprint density at radius 2 is 2.20 bits per heavy atom. The van der Waals surface area contributed by atoms with Crippen molar-refractivity contribution < 1.29 is 8.42 Å². The molecule has 0 saturated carbocycles. The van der Waals surface area contributed by atoms with Gasteiger partial charge in [-0.2, -0.15) is 0 Å². The first kappa shape index (κ1) is 15.7. The van der Waals surface area contributed by atoms with Crippen LogP contribution >= 0.6 is 34.5 Å². The number of nitrogens with one attached hydrogen (secondary N) is 1. The van der Waals surface area contributed by atoms with Crippen LogP contribution in [0, 0.1) is 0 Å². The molecule has 1 atom stereocenters. The molecule has 0 aliphatic heterocycles. The number of nitrogens with zero attached hydrogens (tertiary/aromatic N) is 1. The van der Waals surface area contributed by atoms with Crippen LogP contribution in [0.25, 0.3) is 0 Å². The number of hydrogen-bond acceptors (Lipinski definition) is 4. The molecule has 0 aliphatic rings. The van der Waals surface area contributed by atoms with E-state index in [1.807, 2.05) is 24.4 Å². The fourth-order valence-corrected chi connectivity index (χ4v) is 4.18. The van der Waals surface area contributed by atoms with Gasteiger partial charge in [-0.05, 0) is 23.9 Å². The van der Waals surface area contributed by atoms with Gasteiger partial charge < -0.3 is 0 Å². The lowest BCUT2D eigenvalue weighted by molar-refractivity contribution is 0.553. The van der Waals surface area contributed by atoms with Crippen LogP contribution < -0.4 is 4.72 Å². The molecule has 1 N–H and O–H groups in total. The average Bonchev–Trinajstić information content (AvgIpc) is 2.93. The summed E-state index contributed by atoms with van der Waals surface area (Å²) in [6.45, 7) is 1.92. The van der Waals surface area contributed by atoms with Crippen molar-refractivity contribution in [1.29, 1.82) is 0 Å². The Morgan fingerprint density at radius 3 is 2.75 bits per heavy atom. The van der Waals surface area contributed by atoms with Crippen molar-refractivity contribution in [3.63, 3.8) is 0 Å². The minimum Gasteiger partial charge on any atom is -0.242 e. The maximum atomic E-state index is 12.3. The van der Waals surface area contributed by atoms with Crippen LogP contribution in [0.15, 0.2) is 34.7 Å². The summed E-state index contributed by atoms with van der Waals surface area (Å²) in [5.41, 5.74) is 0. The van der Waals surface area contributed by atoms with Gasteiger partial charge in [0.1, 0.15) is 10.0 Å². The maximum Gasteiger partial charge on any atom is 0.242 e.